The van der Waals surface area contributed by atoms with Crippen LogP contribution in [0.5, 0.6) is 0 Å². The molecule has 3 amide bonds. The number of carbonyl (C=O) groups excluding carboxylic acids is 4. The smallest absolute Gasteiger partial charge is 0.330 e. The van der Waals surface area contributed by atoms with Crippen molar-refractivity contribution in [2.45, 2.75) is 46.1 Å². The van der Waals surface area contributed by atoms with Gasteiger partial charge in [-0.15, -0.1) is 0 Å². The normalized spacial score (nSPS) is 28.1. The average Bonchev–Trinajstić information content (AvgIpc) is 3.38. The molecule has 1 aromatic carbocycles. The number of amides is 3. The maximum atomic E-state index is 13.1. The highest BCUT2D eigenvalue weighted by Crippen LogP contribution is 2.56. The highest BCUT2D eigenvalue weighted by atomic mass is 16.5. The molecule has 5 atom stereocenters. The number of fused-ring (bicyclic) bond motifs is 5. The van der Waals surface area contributed by atoms with Gasteiger partial charge in [-0.2, -0.15) is 0 Å². The summed E-state index contributed by atoms with van der Waals surface area (Å²) in [5.41, 5.74) is 1.54. The molecule has 3 fully saturated rings. The third-order valence-electron chi connectivity index (χ3n) is 6.88. The largest absolute Gasteiger partial charge is 0.454 e. The third kappa shape index (κ3) is 3.40. The van der Waals surface area contributed by atoms with Crippen LogP contribution in [0, 0.1) is 36.5 Å². The van der Waals surface area contributed by atoms with E-state index in [9.17, 15) is 19.2 Å². The van der Waals surface area contributed by atoms with E-state index in [-0.39, 0.29) is 41.4 Å². The Balaban J connectivity index is 1.42. The van der Waals surface area contributed by atoms with E-state index in [0.717, 1.165) is 29.7 Å². The summed E-state index contributed by atoms with van der Waals surface area (Å²) in [6, 6.07) is 6.30. The van der Waals surface area contributed by atoms with Crippen molar-refractivity contribution >= 4 is 29.4 Å². The van der Waals surface area contributed by atoms with Crippen LogP contribution in [0.15, 0.2) is 24.3 Å². The van der Waals surface area contributed by atoms with Crippen molar-refractivity contribution in [2.24, 2.45) is 29.6 Å². The Bertz CT molecular complexity index is 867. The first-order valence-electron chi connectivity index (χ1n) is 10.7. The fourth-order valence-electron chi connectivity index (χ4n) is 5.50. The van der Waals surface area contributed by atoms with Gasteiger partial charge in [0.2, 0.25) is 11.8 Å². The Hall–Kier alpha value is -2.70. The average molecular weight is 412 g/mol. The first-order chi connectivity index (χ1) is 14.3. The lowest BCUT2D eigenvalue weighted by Crippen LogP contribution is -2.50. The summed E-state index contributed by atoms with van der Waals surface area (Å²) in [4.78, 5) is 52.4. The van der Waals surface area contributed by atoms with Crippen LogP contribution in [0.1, 0.15) is 38.7 Å². The summed E-state index contributed by atoms with van der Waals surface area (Å²) in [7, 11) is 0. The van der Waals surface area contributed by atoms with Crippen LogP contribution in [0.2, 0.25) is 0 Å². The van der Waals surface area contributed by atoms with Gasteiger partial charge in [0.25, 0.3) is 5.91 Å². The van der Waals surface area contributed by atoms with E-state index in [1.54, 1.807) is 26.0 Å². The van der Waals surface area contributed by atoms with Gasteiger partial charge in [-0.05, 0) is 55.6 Å². The zero-order valence-corrected chi connectivity index (χ0v) is 17.6. The lowest BCUT2D eigenvalue weighted by Gasteiger charge is -2.28. The molecule has 1 N–H and O–H groups in total. The summed E-state index contributed by atoms with van der Waals surface area (Å²) >= 11 is 0. The Labute approximate surface area is 176 Å². The minimum absolute atomic E-state index is 0.239. The van der Waals surface area contributed by atoms with Crippen LogP contribution in [0.3, 0.4) is 0 Å². The molecule has 1 heterocycles. The van der Waals surface area contributed by atoms with Gasteiger partial charge in [0.15, 0.2) is 6.61 Å². The van der Waals surface area contributed by atoms with Crippen LogP contribution in [0.25, 0.3) is 0 Å². The summed E-state index contributed by atoms with van der Waals surface area (Å²) in [5, 5.41) is 2.71. The van der Waals surface area contributed by atoms with E-state index in [0.29, 0.717) is 5.69 Å². The van der Waals surface area contributed by atoms with Gasteiger partial charge in [0.1, 0.15) is 6.04 Å². The number of imide groups is 1. The monoisotopic (exact) mass is 412 g/mol. The van der Waals surface area contributed by atoms with Crippen LogP contribution in [-0.4, -0.2) is 41.2 Å². The number of aryl methyl sites for hydroxylation is 1. The number of nitrogens with zero attached hydrogens (tertiary/aromatic N) is 1. The molecule has 2 aliphatic carbocycles. The summed E-state index contributed by atoms with van der Waals surface area (Å²) in [5.74, 6) is -2.01. The minimum atomic E-state index is -0.999. The van der Waals surface area contributed by atoms with Gasteiger partial charge < -0.3 is 10.1 Å². The second-order valence-corrected chi connectivity index (χ2v) is 9.09. The number of ether oxygens (including phenoxy) is 1. The second-order valence-electron chi connectivity index (χ2n) is 9.09. The van der Waals surface area contributed by atoms with E-state index in [1.165, 1.54) is 0 Å². The van der Waals surface area contributed by atoms with E-state index in [4.69, 9.17) is 4.74 Å². The molecule has 0 unspecified atom stereocenters. The molecular weight excluding hydrogens is 384 g/mol. The van der Waals surface area contributed by atoms with Crippen LogP contribution in [-0.2, 0) is 23.9 Å². The maximum Gasteiger partial charge on any atom is 0.330 e. The lowest BCUT2D eigenvalue weighted by molar-refractivity contribution is -0.162. The second kappa shape index (κ2) is 7.85. The van der Waals surface area contributed by atoms with Crippen molar-refractivity contribution < 1.29 is 23.9 Å². The molecule has 1 saturated heterocycles. The third-order valence-corrected chi connectivity index (χ3v) is 6.88. The summed E-state index contributed by atoms with van der Waals surface area (Å²) < 4.78 is 5.24. The van der Waals surface area contributed by atoms with Gasteiger partial charge in [-0.3, -0.25) is 19.3 Å². The molecule has 30 heavy (non-hydrogen) atoms. The van der Waals surface area contributed by atoms with E-state index in [2.05, 4.69) is 5.32 Å². The molecule has 2 saturated carbocycles. The number of benzene rings is 1. The number of hydrogen-bond acceptors (Lipinski definition) is 5. The van der Waals surface area contributed by atoms with Crippen molar-refractivity contribution in [1.82, 2.24) is 4.90 Å². The number of carbonyl (C=O) groups is 4. The van der Waals surface area contributed by atoms with Crippen molar-refractivity contribution in [3.05, 3.63) is 29.8 Å². The van der Waals surface area contributed by atoms with Gasteiger partial charge in [0, 0.05) is 5.69 Å². The van der Waals surface area contributed by atoms with E-state index < -0.39 is 24.5 Å². The number of hydrogen-bond donors (Lipinski definition) is 1. The number of rotatable bonds is 6. The Morgan fingerprint density at radius 1 is 1.10 bits per heavy atom. The van der Waals surface area contributed by atoms with Gasteiger partial charge in [-0.25, -0.2) is 4.79 Å². The Kier molecular flexibility index (Phi) is 5.38. The number of nitrogens with one attached hydrogen (secondary N) is 1. The topological polar surface area (TPSA) is 92.8 Å². The van der Waals surface area contributed by atoms with Gasteiger partial charge in [-0.1, -0.05) is 32.0 Å². The summed E-state index contributed by atoms with van der Waals surface area (Å²) in [6.45, 7) is 4.96. The first-order valence-corrected chi connectivity index (χ1v) is 10.7. The highest BCUT2D eigenvalue weighted by molar-refractivity contribution is 6.08. The van der Waals surface area contributed by atoms with Crippen LogP contribution in [0.4, 0.5) is 5.69 Å². The van der Waals surface area contributed by atoms with Crippen molar-refractivity contribution in [3.8, 4) is 0 Å². The quantitative estimate of drug-likeness (QED) is 0.573. The maximum absolute atomic E-state index is 13.1. The number of likely N-dealkylation sites (tertiary alicyclic amines) is 1. The molecule has 2 bridgehead atoms. The fourth-order valence-corrected chi connectivity index (χ4v) is 5.50. The first kappa shape index (κ1) is 20.6. The SMILES string of the molecule is Cc1ccccc1NC(=O)COC(=O)[C@H](C(C)C)N1C(=O)[C@@H]2[C@H]3CC[C@@H](C3)[C@H]2C1=O. The van der Waals surface area contributed by atoms with Crippen LogP contribution >= 0.6 is 0 Å². The van der Waals surface area contributed by atoms with Crippen molar-refractivity contribution in [1.29, 1.82) is 0 Å². The van der Waals surface area contributed by atoms with Crippen molar-refractivity contribution in [2.75, 3.05) is 11.9 Å². The molecule has 1 aliphatic heterocycles. The zero-order valence-electron chi connectivity index (χ0n) is 17.6. The summed E-state index contributed by atoms with van der Waals surface area (Å²) in [6.07, 6.45) is 2.90. The molecule has 7 heteroatoms. The molecule has 160 valence electrons. The van der Waals surface area contributed by atoms with Crippen molar-refractivity contribution in [3.63, 3.8) is 0 Å². The Morgan fingerprint density at radius 3 is 2.27 bits per heavy atom. The number of esters is 1. The molecule has 0 radical (unpaired) electrons. The van der Waals surface area contributed by atoms with Gasteiger partial charge in [0.05, 0.1) is 11.8 Å². The molecule has 1 aromatic rings. The van der Waals surface area contributed by atoms with Gasteiger partial charge >= 0.3 is 5.97 Å². The van der Waals surface area contributed by atoms with Crippen LogP contribution < -0.4 is 5.32 Å². The standard InChI is InChI=1S/C23H28N2O5/c1-12(2)20(23(29)30-11-17(26)24-16-7-5-4-6-13(16)3)25-21(27)18-14-8-9-15(10-14)19(18)22(25)28/h4-7,12,14-15,18-20H,8-11H2,1-3H3,(H,24,26)/t14-,15-,18+,19+,20-/m0/s1. The molecule has 0 aromatic heterocycles. The minimum Gasteiger partial charge on any atom is -0.454 e. The Morgan fingerprint density at radius 2 is 1.70 bits per heavy atom. The zero-order chi connectivity index (χ0) is 21.6. The molecular formula is C23H28N2O5. The molecule has 7 nitrogen and oxygen atoms in total. The number of para-hydroxylation sites is 1. The fraction of sp³-hybridized carbons (Fsp3) is 0.565. The number of anilines is 1. The molecule has 0 spiro atoms. The highest BCUT2D eigenvalue weighted by Gasteiger charge is 2.62. The predicted octanol–water partition coefficient (Wildman–Crippen LogP) is 2.53. The van der Waals surface area contributed by atoms with E-state index >= 15 is 0 Å². The predicted molar refractivity (Wildman–Crippen MR) is 109 cm³/mol. The lowest BCUT2D eigenvalue weighted by atomic mass is 9.81. The molecule has 3 aliphatic rings. The molecule has 4 rings (SSSR count). The van der Waals surface area contributed by atoms with E-state index in [1.807, 2.05) is 19.1 Å².